The third kappa shape index (κ3) is 5.55. The van der Waals surface area contributed by atoms with Gasteiger partial charge in [-0.2, -0.15) is 0 Å². The summed E-state index contributed by atoms with van der Waals surface area (Å²) in [5, 5.41) is 2.93. The number of hydrogen-bond acceptors (Lipinski definition) is 6. The average molecular weight is 390 g/mol. The molecule has 1 aromatic carbocycles. The topological polar surface area (TPSA) is 69.7 Å². The third-order valence-corrected chi connectivity index (χ3v) is 4.57. The number of rotatable bonds is 7. The zero-order valence-corrected chi connectivity index (χ0v) is 14.5. The van der Waals surface area contributed by atoms with Gasteiger partial charge in [0.25, 0.3) is 0 Å². The van der Waals surface area contributed by atoms with Gasteiger partial charge < -0.3 is 19.5 Å². The minimum Gasteiger partial charge on any atom is -0.406 e. The van der Waals surface area contributed by atoms with Crippen molar-refractivity contribution >= 4 is 32.6 Å². The van der Waals surface area contributed by atoms with Crippen LogP contribution < -0.4 is 10.1 Å². The Morgan fingerprint density at radius 2 is 2.27 bits per heavy atom. The molecule has 1 amide bonds. The van der Waals surface area contributed by atoms with Gasteiger partial charge in [-0.25, -0.2) is 4.98 Å². The van der Waals surface area contributed by atoms with Crippen molar-refractivity contribution in [3.05, 3.63) is 18.2 Å². The van der Waals surface area contributed by atoms with E-state index >= 15 is 0 Å². The van der Waals surface area contributed by atoms with Crippen molar-refractivity contribution in [2.45, 2.75) is 31.7 Å². The van der Waals surface area contributed by atoms with E-state index in [-0.39, 0.29) is 30.8 Å². The van der Waals surface area contributed by atoms with Crippen LogP contribution in [-0.2, 0) is 14.3 Å². The molecule has 10 heteroatoms. The normalized spacial score (nSPS) is 17.6. The number of nitrogens with one attached hydrogen (secondary N) is 1. The van der Waals surface area contributed by atoms with Crippen LogP contribution in [0.1, 0.15) is 19.3 Å². The second-order valence-electron chi connectivity index (χ2n) is 5.70. The Bertz CT molecular complexity index is 760. The Kier molecular flexibility index (Phi) is 5.94. The highest BCUT2D eigenvalue weighted by Gasteiger charge is 2.31. The highest BCUT2D eigenvalue weighted by atomic mass is 32.1. The number of nitrogens with zero attached hydrogens (tertiary/aromatic N) is 1. The number of alkyl halides is 3. The zero-order chi connectivity index (χ0) is 18.6. The molecule has 6 nitrogen and oxygen atoms in total. The van der Waals surface area contributed by atoms with Crippen molar-refractivity contribution in [3.63, 3.8) is 0 Å². The number of carbonyl (C=O) groups is 1. The summed E-state index contributed by atoms with van der Waals surface area (Å²) in [6, 6.07) is 3.83. The number of carbonyl (C=O) groups excluding carboxylic acids is 1. The quantitative estimate of drug-likeness (QED) is 0.730. The van der Waals surface area contributed by atoms with Gasteiger partial charge in [-0.15, -0.1) is 13.2 Å². The molecule has 1 N–H and O–H groups in total. The number of aromatic nitrogens is 1. The molecule has 2 aromatic rings. The van der Waals surface area contributed by atoms with Gasteiger partial charge in [-0.05, 0) is 25.0 Å². The number of ether oxygens (including phenoxy) is 3. The molecule has 1 aromatic heterocycles. The summed E-state index contributed by atoms with van der Waals surface area (Å²) in [7, 11) is 0. The Balaban J connectivity index is 1.49. The minimum atomic E-state index is -4.75. The van der Waals surface area contributed by atoms with Crippen LogP contribution in [-0.4, -0.2) is 43.2 Å². The van der Waals surface area contributed by atoms with E-state index in [2.05, 4.69) is 15.0 Å². The third-order valence-electron chi connectivity index (χ3n) is 3.64. The van der Waals surface area contributed by atoms with E-state index in [1.807, 2.05) is 0 Å². The fourth-order valence-electron chi connectivity index (χ4n) is 2.49. The predicted octanol–water partition coefficient (Wildman–Crippen LogP) is 3.72. The smallest absolute Gasteiger partial charge is 0.406 e. The molecule has 0 saturated carbocycles. The first-order valence-corrected chi connectivity index (χ1v) is 8.86. The van der Waals surface area contributed by atoms with Crippen LogP contribution >= 0.6 is 11.3 Å². The van der Waals surface area contributed by atoms with Crippen LogP contribution in [0, 0.1) is 0 Å². The molecule has 0 aliphatic carbocycles. The second-order valence-corrected chi connectivity index (χ2v) is 6.74. The van der Waals surface area contributed by atoms with Crippen molar-refractivity contribution in [1.82, 2.24) is 4.98 Å². The number of thiazole rings is 1. The van der Waals surface area contributed by atoms with Crippen molar-refractivity contribution in [3.8, 4) is 5.75 Å². The molecule has 1 saturated heterocycles. The number of benzene rings is 1. The van der Waals surface area contributed by atoms with Gasteiger partial charge in [0, 0.05) is 12.7 Å². The lowest BCUT2D eigenvalue weighted by molar-refractivity contribution is -0.274. The summed E-state index contributed by atoms with van der Waals surface area (Å²) in [5.41, 5.74) is 0.481. The molecule has 1 atom stereocenters. The largest absolute Gasteiger partial charge is 0.573 e. The Morgan fingerprint density at radius 1 is 1.42 bits per heavy atom. The molecule has 3 rings (SSSR count). The van der Waals surface area contributed by atoms with Gasteiger partial charge in [0.15, 0.2) is 5.13 Å². The van der Waals surface area contributed by atoms with Crippen LogP contribution in [0.25, 0.3) is 10.2 Å². The fourth-order valence-corrected chi connectivity index (χ4v) is 3.40. The lowest BCUT2D eigenvalue weighted by Crippen LogP contribution is -2.18. The molecular weight excluding hydrogens is 373 g/mol. The second kappa shape index (κ2) is 8.19. The summed E-state index contributed by atoms with van der Waals surface area (Å²) < 4.78 is 52.0. The summed E-state index contributed by atoms with van der Waals surface area (Å²) in [6.07, 6.45) is -2.49. The van der Waals surface area contributed by atoms with Crippen LogP contribution in [0.3, 0.4) is 0 Å². The molecular formula is C16H17F3N2O4S. The molecule has 1 unspecified atom stereocenters. The van der Waals surface area contributed by atoms with Crippen LogP contribution in [0.2, 0.25) is 0 Å². The number of hydrogen-bond donors (Lipinski definition) is 1. The van der Waals surface area contributed by atoms with Gasteiger partial charge in [0.1, 0.15) is 5.75 Å². The van der Waals surface area contributed by atoms with E-state index in [0.717, 1.165) is 30.8 Å². The van der Waals surface area contributed by atoms with E-state index in [1.165, 1.54) is 18.2 Å². The molecule has 0 bridgehead atoms. The Morgan fingerprint density at radius 3 is 3.00 bits per heavy atom. The van der Waals surface area contributed by atoms with Crippen molar-refractivity contribution < 1.29 is 32.2 Å². The van der Waals surface area contributed by atoms with E-state index in [0.29, 0.717) is 22.0 Å². The SMILES string of the molecule is O=C(CCOCC1CCCO1)Nc1nc2ccc(OC(F)(F)F)cc2s1. The van der Waals surface area contributed by atoms with Crippen LogP contribution in [0.4, 0.5) is 18.3 Å². The highest BCUT2D eigenvalue weighted by Crippen LogP contribution is 2.31. The number of anilines is 1. The lowest BCUT2D eigenvalue weighted by atomic mass is 10.2. The van der Waals surface area contributed by atoms with E-state index < -0.39 is 6.36 Å². The number of halogens is 3. The van der Waals surface area contributed by atoms with Crippen molar-refractivity contribution in [1.29, 1.82) is 0 Å². The zero-order valence-electron chi connectivity index (χ0n) is 13.7. The van der Waals surface area contributed by atoms with Gasteiger partial charge in [0.05, 0.1) is 36.0 Å². The van der Waals surface area contributed by atoms with E-state index in [1.54, 1.807) is 0 Å². The van der Waals surface area contributed by atoms with Crippen LogP contribution in [0.5, 0.6) is 5.75 Å². The Hall–Kier alpha value is -1.91. The first-order valence-electron chi connectivity index (χ1n) is 8.04. The van der Waals surface area contributed by atoms with Crippen molar-refractivity contribution in [2.24, 2.45) is 0 Å². The molecule has 26 heavy (non-hydrogen) atoms. The van der Waals surface area contributed by atoms with Gasteiger partial charge in [-0.3, -0.25) is 4.79 Å². The lowest BCUT2D eigenvalue weighted by Gasteiger charge is -2.09. The standard InChI is InChI=1S/C16H17F3N2O4S/c17-16(18,19)25-10-3-4-12-13(8-10)26-15(20-12)21-14(22)5-7-23-9-11-2-1-6-24-11/h3-4,8,11H,1-2,5-7,9H2,(H,20,21,22). The van der Waals surface area contributed by atoms with Gasteiger partial charge in [-0.1, -0.05) is 11.3 Å². The van der Waals surface area contributed by atoms with E-state index in [9.17, 15) is 18.0 Å². The predicted molar refractivity (Wildman–Crippen MR) is 89.3 cm³/mol. The van der Waals surface area contributed by atoms with Gasteiger partial charge >= 0.3 is 6.36 Å². The number of fused-ring (bicyclic) bond motifs is 1. The van der Waals surface area contributed by atoms with E-state index in [4.69, 9.17) is 9.47 Å². The Labute approximate surface area is 151 Å². The molecule has 142 valence electrons. The first kappa shape index (κ1) is 18.9. The molecule has 1 fully saturated rings. The molecule has 0 spiro atoms. The summed E-state index contributed by atoms with van der Waals surface area (Å²) in [5.74, 6) is -0.600. The maximum Gasteiger partial charge on any atom is 0.573 e. The van der Waals surface area contributed by atoms with Crippen LogP contribution in [0.15, 0.2) is 18.2 Å². The minimum absolute atomic E-state index is 0.107. The van der Waals surface area contributed by atoms with Gasteiger partial charge in [0.2, 0.25) is 5.91 Å². The summed E-state index contributed by atoms with van der Waals surface area (Å²) in [6.45, 7) is 1.48. The molecule has 1 aliphatic rings. The summed E-state index contributed by atoms with van der Waals surface area (Å²) in [4.78, 5) is 16.1. The van der Waals surface area contributed by atoms with Crippen molar-refractivity contribution in [2.75, 3.05) is 25.1 Å². The summed E-state index contributed by atoms with van der Waals surface area (Å²) >= 11 is 1.07. The molecule has 1 aliphatic heterocycles. The fraction of sp³-hybridized carbons (Fsp3) is 0.500. The maximum absolute atomic E-state index is 12.3. The number of amides is 1. The monoisotopic (exact) mass is 390 g/mol. The first-order chi connectivity index (χ1) is 12.4. The molecule has 2 heterocycles. The maximum atomic E-state index is 12.3. The highest BCUT2D eigenvalue weighted by molar-refractivity contribution is 7.22. The molecule has 0 radical (unpaired) electrons. The average Bonchev–Trinajstić information content (AvgIpc) is 3.18.